The van der Waals surface area contributed by atoms with E-state index >= 15 is 0 Å². The highest BCUT2D eigenvalue weighted by Gasteiger charge is 2.27. The Hall–Kier alpha value is -5.41. The molecule has 0 rings (SSSR count). The number of phosphoric acid groups is 1. The normalized spacial score (nSPS) is 14.2. The van der Waals surface area contributed by atoms with Crippen molar-refractivity contribution in [3.8, 4) is 0 Å². The third kappa shape index (κ3) is 81.6. The summed E-state index contributed by atoms with van der Waals surface area (Å²) in [6, 6.07) is 0. The largest absolute Gasteiger partial charge is 0.472 e. The SMILES string of the molecule is CC/C=C\C/C=C\C/C=C\C/C=C\C/C=C\C/C=C\C/C=C\C/C=C\C/C=C\C/C=C\CCCCCCCCCCC(=O)OC(COC(=O)CCCCCCCCCCCCCCCCC/C=C\C/C=C\C/C=C\C/C=C\C/C=C\C/C=C\C/C=C\CC)COP(=O)(O)OCC[N+](C)(C)C. The van der Waals surface area contributed by atoms with Crippen LogP contribution in [0.4, 0.5) is 0 Å². The van der Waals surface area contributed by atoms with Crippen LogP contribution in [-0.2, 0) is 32.7 Å². The van der Waals surface area contributed by atoms with Crippen LogP contribution in [0.1, 0.15) is 296 Å². The Balaban J connectivity index is 4.08. The number of quaternary nitrogens is 1. The molecule has 0 aromatic rings. The number of hydrogen-bond donors (Lipinski definition) is 1. The quantitative estimate of drug-likeness (QED) is 0.0211. The van der Waals surface area contributed by atoms with Crippen LogP contribution in [0.3, 0.4) is 0 Å². The smallest absolute Gasteiger partial charge is 0.462 e. The van der Waals surface area contributed by atoms with Crippen LogP contribution in [-0.4, -0.2) is 74.9 Å². The summed E-state index contributed by atoms with van der Waals surface area (Å²) >= 11 is 0. The molecule has 0 aliphatic carbocycles. The second-order valence-electron chi connectivity index (χ2n) is 27.0. The highest BCUT2D eigenvalue weighted by molar-refractivity contribution is 7.47. The molecule has 1 N–H and O–H groups in total. The molecule has 0 bridgehead atoms. The first-order valence-electron chi connectivity index (χ1n) is 39.8. The summed E-state index contributed by atoms with van der Waals surface area (Å²) in [4.78, 5) is 36.0. The molecule has 0 saturated heterocycles. The molecule has 0 aliphatic heterocycles. The van der Waals surface area contributed by atoms with E-state index in [1.54, 1.807) is 0 Å². The van der Waals surface area contributed by atoms with Crippen LogP contribution in [0.25, 0.3) is 0 Å². The van der Waals surface area contributed by atoms with Gasteiger partial charge in [0.25, 0.3) is 0 Å². The third-order valence-electron chi connectivity index (χ3n) is 16.3. The standard InChI is InChI=1S/C90H146NO8P/c1-6-8-10-12-14-16-18-20-22-24-26-28-30-32-34-36-38-40-42-44-45-47-49-51-53-55-57-59-61-63-65-67-69-71-73-75-77-79-81-83-90(93)99-88(87-98-100(94,95)97-85-84-91(3,4)5)86-96-89(92)82-80-78-76-74-72-70-68-66-64-62-60-58-56-54-52-50-48-46-43-41-39-37-35-33-31-29-27-25-23-21-19-17-15-13-11-9-7-2/h8-11,14-17,20-23,26-29,32-35,38-41,44-46,48-49,51,55,57,61,63,88H,6-7,12-13,18-19,24-25,30-31,36-37,42-43,47,50,52-54,56,58-60,62,64-87H2,1-5H3/p+1/b10-8-,11-9-,16-14-,17-15-,22-20-,23-21-,28-26-,29-27-,34-32-,35-33-,40-38-,41-39-,45-44-,48-46-,51-49-,57-55-,63-61-. The van der Waals surface area contributed by atoms with Gasteiger partial charge in [-0.15, -0.1) is 0 Å². The number of ether oxygens (including phenoxy) is 2. The van der Waals surface area contributed by atoms with Crippen LogP contribution < -0.4 is 0 Å². The maximum Gasteiger partial charge on any atom is 0.472 e. The molecule has 10 heteroatoms. The molecule has 2 atom stereocenters. The predicted octanol–water partition coefficient (Wildman–Crippen LogP) is 26.9. The lowest BCUT2D eigenvalue weighted by molar-refractivity contribution is -0.870. The van der Waals surface area contributed by atoms with E-state index in [1.165, 1.54) is 109 Å². The van der Waals surface area contributed by atoms with Gasteiger partial charge in [0.2, 0.25) is 0 Å². The van der Waals surface area contributed by atoms with Gasteiger partial charge in [-0.25, -0.2) is 4.57 Å². The molecule has 2 unspecified atom stereocenters. The van der Waals surface area contributed by atoms with Gasteiger partial charge in [0.1, 0.15) is 19.8 Å². The first-order chi connectivity index (χ1) is 49.0. The van der Waals surface area contributed by atoms with Gasteiger partial charge in [0, 0.05) is 12.8 Å². The lowest BCUT2D eigenvalue weighted by Crippen LogP contribution is -2.37. The number of carbonyl (C=O) groups is 2. The molecule has 9 nitrogen and oxygen atoms in total. The van der Waals surface area contributed by atoms with E-state index in [9.17, 15) is 19.0 Å². The van der Waals surface area contributed by atoms with E-state index in [4.69, 9.17) is 18.5 Å². The summed E-state index contributed by atoms with van der Waals surface area (Å²) < 4.78 is 34.8. The molecule has 100 heavy (non-hydrogen) atoms. The zero-order valence-corrected chi connectivity index (χ0v) is 65.2. The average molecular weight is 1400 g/mol. The van der Waals surface area contributed by atoms with Crippen LogP contribution in [0, 0.1) is 0 Å². The summed E-state index contributed by atoms with van der Waals surface area (Å²) in [5, 5.41) is 0. The van der Waals surface area contributed by atoms with Crippen molar-refractivity contribution in [2.24, 2.45) is 0 Å². The fraction of sp³-hybridized carbons (Fsp3) is 0.600. The number of hydrogen-bond acceptors (Lipinski definition) is 7. The van der Waals surface area contributed by atoms with Gasteiger partial charge >= 0.3 is 19.8 Å². The predicted molar refractivity (Wildman–Crippen MR) is 435 cm³/mol. The molecule has 0 spiro atoms. The molecule has 564 valence electrons. The van der Waals surface area contributed by atoms with Gasteiger partial charge in [-0.2, -0.15) is 0 Å². The minimum Gasteiger partial charge on any atom is -0.462 e. The van der Waals surface area contributed by atoms with Crippen molar-refractivity contribution >= 4 is 19.8 Å². The van der Waals surface area contributed by atoms with Gasteiger partial charge in [-0.05, 0) is 148 Å². The maximum atomic E-state index is 12.9. The fourth-order valence-electron chi connectivity index (χ4n) is 10.3. The third-order valence-corrected chi connectivity index (χ3v) is 17.3. The lowest BCUT2D eigenvalue weighted by Gasteiger charge is -2.24. The van der Waals surface area contributed by atoms with E-state index in [2.05, 4.69) is 220 Å². The van der Waals surface area contributed by atoms with Gasteiger partial charge in [0.15, 0.2) is 6.10 Å². The monoisotopic (exact) mass is 1400 g/mol. The zero-order chi connectivity index (χ0) is 72.5. The fourth-order valence-corrected chi connectivity index (χ4v) is 11.1. The summed E-state index contributed by atoms with van der Waals surface area (Å²) in [5.74, 6) is -0.814. The first kappa shape index (κ1) is 94.6. The van der Waals surface area contributed by atoms with Gasteiger partial charge in [-0.3, -0.25) is 18.6 Å². The summed E-state index contributed by atoms with van der Waals surface area (Å²) in [6.45, 7) is 4.19. The Labute approximate surface area is 615 Å². The highest BCUT2D eigenvalue weighted by atomic mass is 31.2. The number of nitrogens with zero attached hydrogens (tertiary/aromatic N) is 1. The number of likely N-dealkylation sites (N-methyl/N-ethyl adjacent to an activating group) is 1. The molecular weight excluding hydrogens is 1250 g/mol. The molecule has 0 aromatic carbocycles. The van der Waals surface area contributed by atoms with Crippen LogP contribution in [0.5, 0.6) is 0 Å². The van der Waals surface area contributed by atoms with Crippen molar-refractivity contribution in [2.75, 3.05) is 47.5 Å². The molecule has 0 saturated carbocycles. The Morgan fingerprint density at radius 2 is 0.540 bits per heavy atom. The molecule has 0 heterocycles. The minimum atomic E-state index is -4.41. The van der Waals surface area contributed by atoms with E-state index in [0.29, 0.717) is 17.4 Å². The second-order valence-corrected chi connectivity index (χ2v) is 28.4. The van der Waals surface area contributed by atoms with Crippen LogP contribution in [0.2, 0.25) is 0 Å². The molecule has 0 radical (unpaired) electrons. The van der Waals surface area contributed by atoms with Crippen molar-refractivity contribution in [1.82, 2.24) is 0 Å². The molecule has 0 aromatic heterocycles. The number of allylic oxidation sites excluding steroid dienone is 34. The molecule has 0 fully saturated rings. The summed E-state index contributed by atoms with van der Waals surface area (Å²) in [5.41, 5.74) is 0. The van der Waals surface area contributed by atoms with E-state index < -0.39 is 26.5 Å². The average Bonchev–Trinajstić information content (AvgIpc) is 1.07. The summed E-state index contributed by atoms with van der Waals surface area (Å²) in [7, 11) is 1.45. The van der Waals surface area contributed by atoms with Gasteiger partial charge in [-0.1, -0.05) is 342 Å². The van der Waals surface area contributed by atoms with Crippen molar-refractivity contribution in [3.05, 3.63) is 207 Å². The number of carbonyl (C=O) groups excluding carboxylic acids is 2. The minimum absolute atomic E-state index is 0.0207. The van der Waals surface area contributed by atoms with Crippen LogP contribution in [0.15, 0.2) is 207 Å². The van der Waals surface area contributed by atoms with E-state index in [-0.39, 0.29) is 32.0 Å². The number of rotatable bonds is 71. The van der Waals surface area contributed by atoms with Crippen molar-refractivity contribution in [1.29, 1.82) is 0 Å². The Kier molecular flexibility index (Phi) is 73.5. The number of esters is 2. The van der Waals surface area contributed by atoms with Crippen molar-refractivity contribution in [2.45, 2.75) is 302 Å². The van der Waals surface area contributed by atoms with Gasteiger partial charge in [0.05, 0.1) is 27.7 Å². The Morgan fingerprint density at radius 3 is 0.800 bits per heavy atom. The van der Waals surface area contributed by atoms with Crippen LogP contribution >= 0.6 is 7.82 Å². The Morgan fingerprint density at radius 1 is 0.310 bits per heavy atom. The summed E-state index contributed by atoms with van der Waals surface area (Å²) in [6.07, 6.45) is 122. The van der Waals surface area contributed by atoms with Crippen molar-refractivity contribution in [3.63, 3.8) is 0 Å². The highest BCUT2D eigenvalue weighted by Crippen LogP contribution is 2.43. The maximum absolute atomic E-state index is 12.9. The topological polar surface area (TPSA) is 108 Å². The molecule has 0 amide bonds. The molecular formula is C90H147NO8P+. The van der Waals surface area contributed by atoms with E-state index in [0.717, 1.165) is 154 Å². The Bertz CT molecular complexity index is 2450. The lowest BCUT2D eigenvalue weighted by atomic mass is 10.0. The number of phosphoric ester groups is 1. The van der Waals surface area contributed by atoms with Gasteiger partial charge < -0.3 is 18.9 Å². The molecule has 0 aliphatic rings. The zero-order valence-electron chi connectivity index (χ0n) is 64.3. The first-order valence-corrected chi connectivity index (χ1v) is 41.3. The second kappa shape index (κ2) is 77.7. The van der Waals surface area contributed by atoms with Crippen molar-refractivity contribution < 1.29 is 42.1 Å². The van der Waals surface area contributed by atoms with E-state index in [1.807, 2.05) is 21.1 Å². The number of unbranched alkanes of at least 4 members (excludes halogenated alkanes) is 23.